The highest BCUT2D eigenvalue weighted by Crippen LogP contribution is 2.26. The van der Waals surface area contributed by atoms with Crippen molar-refractivity contribution in [3.63, 3.8) is 0 Å². The number of rotatable bonds is 0. The standard InChI is InChI=1S/2C9H14N2/c2*1-5-4-6(2)9(11)7(3)8(5)10/h2*4H,10-11H2,1-3H3. The van der Waals surface area contributed by atoms with Gasteiger partial charge in [0, 0.05) is 22.7 Å². The molecule has 4 nitrogen and oxygen atoms in total. The summed E-state index contributed by atoms with van der Waals surface area (Å²) in [6.07, 6.45) is 0. The summed E-state index contributed by atoms with van der Waals surface area (Å²) in [6, 6.07) is 4.02. The normalized spacial score (nSPS) is 10.1. The zero-order chi connectivity index (χ0) is 17.2. The Kier molecular flexibility index (Phi) is 5.31. The molecule has 0 saturated heterocycles. The molecule has 2 aromatic carbocycles. The van der Waals surface area contributed by atoms with Gasteiger partial charge < -0.3 is 22.9 Å². The molecular formula is C18H28N4. The lowest BCUT2D eigenvalue weighted by atomic mass is 10.0. The first-order valence-electron chi connectivity index (χ1n) is 7.31. The molecule has 0 radical (unpaired) electrons. The lowest BCUT2D eigenvalue weighted by Gasteiger charge is -2.09. The first-order chi connectivity index (χ1) is 10.1. The van der Waals surface area contributed by atoms with Crippen molar-refractivity contribution in [1.29, 1.82) is 0 Å². The average Bonchev–Trinajstić information content (AvgIpc) is 2.47. The van der Waals surface area contributed by atoms with Crippen LogP contribution in [0.15, 0.2) is 12.1 Å². The molecule has 0 fully saturated rings. The quantitative estimate of drug-likeness (QED) is 0.558. The van der Waals surface area contributed by atoms with Crippen LogP contribution in [0.5, 0.6) is 0 Å². The summed E-state index contributed by atoms with van der Waals surface area (Å²) in [6.45, 7) is 11.9. The van der Waals surface area contributed by atoms with Crippen LogP contribution in [0.3, 0.4) is 0 Å². The second-order valence-electron chi connectivity index (χ2n) is 5.93. The molecule has 120 valence electrons. The van der Waals surface area contributed by atoms with Crippen LogP contribution in [0.2, 0.25) is 0 Å². The van der Waals surface area contributed by atoms with Crippen molar-refractivity contribution in [2.24, 2.45) is 0 Å². The average molecular weight is 300 g/mol. The van der Waals surface area contributed by atoms with Crippen LogP contribution in [0.1, 0.15) is 33.4 Å². The summed E-state index contributed by atoms with van der Waals surface area (Å²) in [5.41, 5.74) is 32.8. The minimum Gasteiger partial charge on any atom is -0.398 e. The molecule has 0 aromatic heterocycles. The molecule has 2 aromatic rings. The summed E-state index contributed by atoms with van der Waals surface area (Å²) in [5.74, 6) is 0. The Bertz CT molecular complexity index is 589. The summed E-state index contributed by atoms with van der Waals surface area (Å²) < 4.78 is 0. The van der Waals surface area contributed by atoms with Gasteiger partial charge in [-0.2, -0.15) is 0 Å². The Morgan fingerprint density at radius 3 is 0.818 bits per heavy atom. The Hall–Kier alpha value is -2.36. The molecule has 4 heteroatoms. The van der Waals surface area contributed by atoms with Gasteiger partial charge in [-0.25, -0.2) is 0 Å². The molecule has 0 amide bonds. The van der Waals surface area contributed by atoms with Crippen LogP contribution in [-0.4, -0.2) is 0 Å². The van der Waals surface area contributed by atoms with E-state index in [9.17, 15) is 0 Å². The maximum Gasteiger partial charge on any atom is 0.0394 e. The lowest BCUT2D eigenvalue weighted by molar-refractivity contribution is 1.33. The number of hydrogen-bond acceptors (Lipinski definition) is 4. The summed E-state index contributed by atoms with van der Waals surface area (Å²) >= 11 is 0. The zero-order valence-electron chi connectivity index (χ0n) is 14.5. The lowest BCUT2D eigenvalue weighted by Crippen LogP contribution is -2.00. The Morgan fingerprint density at radius 1 is 0.455 bits per heavy atom. The van der Waals surface area contributed by atoms with E-state index in [1.54, 1.807) is 0 Å². The van der Waals surface area contributed by atoms with Gasteiger partial charge in [0.1, 0.15) is 0 Å². The van der Waals surface area contributed by atoms with Gasteiger partial charge in [0.15, 0.2) is 0 Å². The molecule has 22 heavy (non-hydrogen) atoms. The van der Waals surface area contributed by atoms with Crippen molar-refractivity contribution in [1.82, 2.24) is 0 Å². The first-order valence-corrected chi connectivity index (χ1v) is 7.31. The maximum atomic E-state index is 5.77. The largest absolute Gasteiger partial charge is 0.398 e. The summed E-state index contributed by atoms with van der Waals surface area (Å²) in [7, 11) is 0. The number of benzene rings is 2. The fraction of sp³-hybridized carbons (Fsp3) is 0.333. The van der Waals surface area contributed by atoms with E-state index in [4.69, 9.17) is 22.9 Å². The van der Waals surface area contributed by atoms with Crippen LogP contribution < -0.4 is 22.9 Å². The number of anilines is 4. The van der Waals surface area contributed by atoms with Gasteiger partial charge in [0.2, 0.25) is 0 Å². The molecular weight excluding hydrogens is 272 g/mol. The predicted octanol–water partition coefficient (Wildman–Crippen LogP) is 3.55. The van der Waals surface area contributed by atoms with Crippen molar-refractivity contribution in [3.05, 3.63) is 45.5 Å². The van der Waals surface area contributed by atoms with Crippen molar-refractivity contribution in [2.75, 3.05) is 22.9 Å². The van der Waals surface area contributed by atoms with Crippen LogP contribution >= 0.6 is 0 Å². The van der Waals surface area contributed by atoms with E-state index in [1.807, 2.05) is 53.7 Å². The second-order valence-corrected chi connectivity index (χ2v) is 5.93. The molecule has 0 heterocycles. The van der Waals surface area contributed by atoms with Gasteiger partial charge in [-0.1, -0.05) is 12.1 Å². The molecule has 8 N–H and O–H groups in total. The molecule has 0 bridgehead atoms. The van der Waals surface area contributed by atoms with Crippen molar-refractivity contribution in [2.45, 2.75) is 41.5 Å². The maximum absolute atomic E-state index is 5.77. The molecule has 0 saturated carbocycles. The van der Waals surface area contributed by atoms with E-state index in [0.717, 1.165) is 56.1 Å². The van der Waals surface area contributed by atoms with Crippen molar-refractivity contribution < 1.29 is 0 Å². The van der Waals surface area contributed by atoms with Gasteiger partial charge in [-0.05, 0) is 74.9 Å². The van der Waals surface area contributed by atoms with E-state index in [0.29, 0.717) is 0 Å². The van der Waals surface area contributed by atoms with E-state index < -0.39 is 0 Å². The fourth-order valence-corrected chi connectivity index (χ4v) is 2.43. The number of nitrogens with two attached hydrogens (primary N) is 4. The van der Waals surface area contributed by atoms with Crippen LogP contribution in [0, 0.1) is 41.5 Å². The van der Waals surface area contributed by atoms with Gasteiger partial charge in [0.05, 0.1) is 0 Å². The van der Waals surface area contributed by atoms with Gasteiger partial charge in [-0.3, -0.25) is 0 Å². The summed E-state index contributed by atoms with van der Waals surface area (Å²) in [5, 5.41) is 0. The minimum atomic E-state index is 0.813. The van der Waals surface area contributed by atoms with Gasteiger partial charge in [0.25, 0.3) is 0 Å². The van der Waals surface area contributed by atoms with Gasteiger partial charge >= 0.3 is 0 Å². The van der Waals surface area contributed by atoms with E-state index in [-0.39, 0.29) is 0 Å². The Balaban J connectivity index is 0.000000220. The topological polar surface area (TPSA) is 104 Å². The fourth-order valence-electron chi connectivity index (χ4n) is 2.43. The number of hydrogen-bond donors (Lipinski definition) is 4. The zero-order valence-corrected chi connectivity index (χ0v) is 14.5. The molecule has 0 aliphatic carbocycles. The molecule has 2 rings (SSSR count). The van der Waals surface area contributed by atoms with Crippen molar-refractivity contribution in [3.8, 4) is 0 Å². The third-order valence-corrected chi connectivity index (χ3v) is 4.18. The number of aryl methyl sites for hydroxylation is 4. The van der Waals surface area contributed by atoms with Crippen LogP contribution in [0.25, 0.3) is 0 Å². The molecule has 0 aliphatic rings. The van der Waals surface area contributed by atoms with E-state index in [2.05, 4.69) is 0 Å². The van der Waals surface area contributed by atoms with Crippen LogP contribution in [0.4, 0.5) is 22.7 Å². The highest BCUT2D eigenvalue weighted by molar-refractivity contribution is 5.68. The third kappa shape index (κ3) is 3.45. The molecule has 0 unspecified atom stereocenters. The highest BCUT2D eigenvalue weighted by atomic mass is 14.6. The Labute approximate surface area is 133 Å². The predicted molar refractivity (Wildman–Crippen MR) is 99.0 cm³/mol. The minimum absolute atomic E-state index is 0.813. The Morgan fingerprint density at radius 2 is 0.636 bits per heavy atom. The molecule has 0 aliphatic heterocycles. The number of nitrogen functional groups attached to an aromatic ring is 4. The highest BCUT2D eigenvalue weighted by Gasteiger charge is 2.04. The smallest absolute Gasteiger partial charge is 0.0394 e. The monoisotopic (exact) mass is 300 g/mol. The molecule has 0 spiro atoms. The third-order valence-electron chi connectivity index (χ3n) is 4.18. The first kappa shape index (κ1) is 17.7. The summed E-state index contributed by atoms with van der Waals surface area (Å²) in [4.78, 5) is 0. The SMILES string of the molecule is Cc1cc(C)c(N)c(C)c1N.Cc1cc(C)c(N)c(C)c1N. The van der Waals surface area contributed by atoms with Gasteiger partial charge in [-0.15, -0.1) is 0 Å². The van der Waals surface area contributed by atoms with Crippen LogP contribution in [-0.2, 0) is 0 Å². The van der Waals surface area contributed by atoms with E-state index in [1.165, 1.54) is 0 Å². The van der Waals surface area contributed by atoms with E-state index >= 15 is 0 Å². The van der Waals surface area contributed by atoms with Crippen molar-refractivity contribution >= 4 is 22.7 Å². The second kappa shape index (κ2) is 6.60. The molecule has 0 atom stereocenters.